The van der Waals surface area contributed by atoms with Gasteiger partial charge in [-0.25, -0.2) is 4.98 Å². The summed E-state index contributed by atoms with van der Waals surface area (Å²) in [6.45, 7) is 2.37. The van der Waals surface area contributed by atoms with Crippen LogP contribution in [0.1, 0.15) is 15.4 Å². The van der Waals surface area contributed by atoms with Gasteiger partial charge in [0.05, 0.1) is 19.2 Å². The quantitative estimate of drug-likeness (QED) is 0.763. The number of nitrogens with zero attached hydrogens (tertiary/aromatic N) is 2. The number of amides is 1. The molecule has 5 nitrogen and oxygen atoms in total. The van der Waals surface area contributed by atoms with Crippen molar-refractivity contribution >= 4 is 23.3 Å². The highest BCUT2D eigenvalue weighted by atomic mass is 32.1. The highest BCUT2D eigenvalue weighted by Crippen LogP contribution is 2.25. The number of ether oxygens (including phenoxy) is 2. The van der Waals surface area contributed by atoms with Crippen LogP contribution in [-0.2, 0) is 11.3 Å². The maximum absolute atomic E-state index is 12.2. The molecule has 0 aliphatic carbocycles. The van der Waals surface area contributed by atoms with Crippen LogP contribution in [0.5, 0.6) is 11.5 Å². The van der Waals surface area contributed by atoms with E-state index in [0.717, 1.165) is 26.9 Å². The number of aromatic nitrogens is 1. The standard InChI is InChI=1S/C17H20N2O3S/c1-12-18-10-15(23-12)6-8-17(20)19(2)11-13-9-14(21-3)5-7-16(13)22-4/h5-10H,11H2,1-4H3/b8-6-. The summed E-state index contributed by atoms with van der Waals surface area (Å²) in [5.41, 5.74) is 0.893. The first-order valence-corrected chi connectivity index (χ1v) is 7.91. The number of methoxy groups -OCH3 is 2. The van der Waals surface area contributed by atoms with E-state index >= 15 is 0 Å². The zero-order chi connectivity index (χ0) is 16.8. The fraction of sp³-hybridized carbons (Fsp3) is 0.294. The van der Waals surface area contributed by atoms with Gasteiger partial charge in [0.25, 0.3) is 0 Å². The number of likely N-dealkylation sites (N-methyl/N-ethyl adjacent to an activating group) is 1. The molecule has 0 N–H and O–H groups in total. The van der Waals surface area contributed by atoms with Gasteiger partial charge in [-0.2, -0.15) is 0 Å². The first-order valence-electron chi connectivity index (χ1n) is 7.10. The number of rotatable bonds is 6. The molecule has 1 aromatic heterocycles. The van der Waals surface area contributed by atoms with Crippen LogP contribution >= 0.6 is 11.3 Å². The number of carbonyl (C=O) groups excluding carboxylic acids is 1. The Morgan fingerprint density at radius 3 is 2.74 bits per heavy atom. The van der Waals surface area contributed by atoms with Crippen molar-refractivity contribution in [2.45, 2.75) is 13.5 Å². The van der Waals surface area contributed by atoms with E-state index in [1.165, 1.54) is 0 Å². The van der Waals surface area contributed by atoms with E-state index in [0.29, 0.717) is 6.54 Å². The average molecular weight is 332 g/mol. The highest BCUT2D eigenvalue weighted by molar-refractivity contribution is 7.12. The van der Waals surface area contributed by atoms with Crippen molar-refractivity contribution in [3.8, 4) is 11.5 Å². The molecule has 0 radical (unpaired) electrons. The van der Waals surface area contributed by atoms with E-state index in [2.05, 4.69) is 4.98 Å². The van der Waals surface area contributed by atoms with Gasteiger partial charge in [-0.15, -0.1) is 11.3 Å². The summed E-state index contributed by atoms with van der Waals surface area (Å²) in [6.07, 6.45) is 5.10. The van der Waals surface area contributed by atoms with E-state index in [-0.39, 0.29) is 5.91 Å². The van der Waals surface area contributed by atoms with Crippen molar-refractivity contribution in [2.24, 2.45) is 0 Å². The summed E-state index contributed by atoms with van der Waals surface area (Å²) < 4.78 is 10.6. The van der Waals surface area contributed by atoms with Crippen LogP contribution in [0.25, 0.3) is 6.08 Å². The first kappa shape index (κ1) is 17.0. The van der Waals surface area contributed by atoms with Crippen molar-refractivity contribution in [1.82, 2.24) is 9.88 Å². The Morgan fingerprint density at radius 2 is 2.13 bits per heavy atom. The number of aryl methyl sites for hydroxylation is 1. The number of carbonyl (C=O) groups is 1. The van der Waals surface area contributed by atoms with Crippen LogP contribution in [0.4, 0.5) is 0 Å². The van der Waals surface area contributed by atoms with Crippen molar-refractivity contribution < 1.29 is 14.3 Å². The smallest absolute Gasteiger partial charge is 0.246 e. The summed E-state index contributed by atoms with van der Waals surface area (Å²) in [5.74, 6) is 1.38. The zero-order valence-electron chi connectivity index (χ0n) is 13.7. The number of hydrogen-bond donors (Lipinski definition) is 0. The van der Waals surface area contributed by atoms with Gasteiger partial charge in [-0.1, -0.05) is 0 Å². The maximum Gasteiger partial charge on any atom is 0.246 e. The third-order valence-electron chi connectivity index (χ3n) is 3.30. The molecule has 0 fully saturated rings. The summed E-state index contributed by atoms with van der Waals surface area (Å²) in [6, 6.07) is 5.54. The summed E-state index contributed by atoms with van der Waals surface area (Å²) in [5, 5.41) is 0.978. The normalized spacial score (nSPS) is 10.8. The molecule has 0 saturated carbocycles. The molecular formula is C17H20N2O3S. The fourth-order valence-electron chi connectivity index (χ4n) is 2.07. The van der Waals surface area contributed by atoms with Gasteiger partial charge in [0.15, 0.2) is 0 Å². The lowest BCUT2D eigenvalue weighted by molar-refractivity contribution is -0.125. The third kappa shape index (κ3) is 4.56. The van der Waals surface area contributed by atoms with E-state index in [4.69, 9.17) is 9.47 Å². The average Bonchev–Trinajstić information content (AvgIpc) is 2.97. The molecule has 0 spiro atoms. The zero-order valence-corrected chi connectivity index (χ0v) is 14.5. The van der Waals surface area contributed by atoms with E-state index in [1.54, 1.807) is 55.9 Å². The third-order valence-corrected chi connectivity index (χ3v) is 4.18. The van der Waals surface area contributed by atoms with Gasteiger partial charge in [-0.3, -0.25) is 4.79 Å². The Balaban J connectivity index is 2.07. The molecule has 0 saturated heterocycles. The molecule has 0 unspecified atom stereocenters. The summed E-state index contributed by atoms with van der Waals surface area (Å²) in [7, 11) is 4.98. The minimum Gasteiger partial charge on any atom is -0.497 e. The molecule has 0 atom stereocenters. The monoisotopic (exact) mass is 332 g/mol. The summed E-state index contributed by atoms with van der Waals surface area (Å²) in [4.78, 5) is 19.0. The second kappa shape index (κ2) is 7.78. The minimum atomic E-state index is -0.0825. The number of hydrogen-bond acceptors (Lipinski definition) is 5. The van der Waals surface area contributed by atoms with Gasteiger partial charge in [0.2, 0.25) is 5.91 Å². The minimum absolute atomic E-state index is 0.0825. The first-order chi connectivity index (χ1) is 11.0. The highest BCUT2D eigenvalue weighted by Gasteiger charge is 2.11. The van der Waals surface area contributed by atoms with E-state index < -0.39 is 0 Å². The number of benzene rings is 1. The van der Waals surface area contributed by atoms with Gasteiger partial charge < -0.3 is 14.4 Å². The Bertz CT molecular complexity index is 710. The molecule has 1 aromatic carbocycles. The van der Waals surface area contributed by atoms with Crippen molar-refractivity contribution in [1.29, 1.82) is 0 Å². The molecule has 1 amide bonds. The largest absolute Gasteiger partial charge is 0.497 e. The fourth-order valence-corrected chi connectivity index (χ4v) is 2.76. The Kier molecular flexibility index (Phi) is 5.76. The number of thiazole rings is 1. The Labute approximate surface area is 140 Å². The maximum atomic E-state index is 12.2. The van der Waals surface area contributed by atoms with Crippen molar-refractivity contribution in [3.05, 3.63) is 45.9 Å². The second-order valence-electron chi connectivity index (χ2n) is 4.99. The Morgan fingerprint density at radius 1 is 1.35 bits per heavy atom. The molecule has 23 heavy (non-hydrogen) atoms. The van der Waals surface area contributed by atoms with Crippen LogP contribution in [0, 0.1) is 6.92 Å². The lowest BCUT2D eigenvalue weighted by atomic mass is 10.1. The van der Waals surface area contributed by atoms with Crippen LogP contribution in [0.2, 0.25) is 0 Å². The van der Waals surface area contributed by atoms with Gasteiger partial charge in [-0.05, 0) is 31.2 Å². The molecule has 1 heterocycles. The Hall–Kier alpha value is -2.34. The SMILES string of the molecule is COc1ccc(OC)c(CN(C)C(=O)/C=C\c2cnc(C)s2)c1. The van der Waals surface area contributed by atoms with Crippen LogP contribution in [-0.4, -0.2) is 37.1 Å². The molecule has 0 aliphatic rings. The van der Waals surface area contributed by atoms with Gasteiger partial charge in [0.1, 0.15) is 11.5 Å². The van der Waals surface area contributed by atoms with Crippen molar-refractivity contribution in [2.75, 3.05) is 21.3 Å². The van der Waals surface area contributed by atoms with Crippen molar-refractivity contribution in [3.63, 3.8) is 0 Å². The van der Waals surface area contributed by atoms with E-state index in [9.17, 15) is 4.79 Å². The summed E-state index contributed by atoms with van der Waals surface area (Å²) >= 11 is 1.55. The molecule has 6 heteroatoms. The lowest BCUT2D eigenvalue weighted by Gasteiger charge is -2.18. The molecule has 2 rings (SSSR count). The molecular weight excluding hydrogens is 312 g/mol. The molecule has 2 aromatic rings. The predicted octanol–water partition coefficient (Wildman–Crippen LogP) is 3.14. The van der Waals surface area contributed by atoms with Gasteiger partial charge in [0, 0.05) is 36.3 Å². The topological polar surface area (TPSA) is 51.7 Å². The van der Waals surface area contributed by atoms with Crippen LogP contribution < -0.4 is 9.47 Å². The van der Waals surface area contributed by atoms with Crippen LogP contribution in [0.15, 0.2) is 30.5 Å². The lowest BCUT2D eigenvalue weighted by Crippen LogP contribution is -2.24. The molecule has 122 valence electrons. The van der Waals surface area contributed by atoms with Gasteiger partial charge >= 0.3 is 0 Å². The predicted molar refractivity (Wildman–Crippen MR) is 91.9 cm³/mol. The van der Waals surface area contributed by atoms with Crippen LogP contribution in [0.3, 0.4) is 0 Å². The second-order valence-corrected chi connectivity index (χ2v) is 6.25. The van der Waals surface area contributed by atoms with E-state index in [1.807, 2.05) is 25.1 Å². The molecule has 0 bridgehead atoms. The molecule has 0 aliphatic heterocycles.